The average molecular weight is 455 g/mol. The lowest BCUT2D eigenvalue weighted by Gasteiger charge is -2.69. The summed E-state index contributed by atoms with van der Waals surface area (Å²) in [6.45, 7) is 16.6. The van der Waals surface area contributed by atoms with Crippen molar-refractivity contribution in [3.63, 3.8) is 0 Å². The van der Waals surface area contributed by atoms with Crippen LogP contribution in [0.4, 0.5) is 0 Å². The fraction of sp³-hybridized carbons (Fsp3) is 0.767. The molecule has 0 amide bonds. The number of fused-ring (bicyclic) bond motifs is 4. The van der Waals surface area contributed by atoms with E-state index in [4.69, 9.17) is 4.74 Å². The van der Waals surface area contributed by atoms with Gasteiger partial charge in [0.15, 0.2) is 0 Å². The molecule has 0 aromatic heterocycles. The zero-order valence-electron chi connectivity index (χ0n) is 22.0. The molecule has 4 aliphatic rings. The highest BCUT2D eigenvalue weighted by Crippen LogP contribution is 2.73. The average Bonchev–Trinajstić information content (AvgIpc) is 3.11. The van der Waals surface area contributed by atoms with Crippen molar-refractivity contribution in [2.75, 3.05) is 6.61 Å². The van der Waals surface area contributed by atoms with Crippen molar-refractivity contribution < 1.29 is 14.6 Å². The fourth-order valence-electron chi connectivity index (χ4n) is 9.01. The van der Waals surface area contributed by atoms with Gasteiger partial charge < -0.3 is 9.84 Å². The lowest BCUT2D eigenvalue weighted by atomic mass is 9.35. The summed E-state index contributed by atoms with van der Waals surface area (Å²) >= 11 is 0. The lowest BCUT2D eigenvalue weighted by molar-refractivity contribution is -0.222. The summed E-state index contributed by atoms with van der Waals surface area (Å²) in [4.78, 5) is 12.6. The van der Waals surface area contributed by atoms with Gasteiger partial charge >= 0.3 is 5.97 Å². The summed E-state index contributed by atoms with van der Waals surface area (Å²) in [7, 11) is 0. The third-order valence-electron chi connectivity index (χ3n) is 10.8. The molecule has 1 aliphatic heterocycles. The maximum absolute atomic E-state index is 12.6. The van der Waals surface area contributed by atoms with Gasteiger partial charge in [0, 0.05) is 5.41 Å². The maximum atomic E-state index is 12.6. The quantitative estimate of drug-likeness (QED) is 0.368. The molecule has 7 unspecified atom stereocenters. The Labute approximate surface area is 201 Å². The number of aliphatic hydroxyl groups excluding tert-OH is 1. The van der Waals surface area contributed by atoms with Crippen LogP contribution >= 0.6 is 0 Å². The van der Waals surface area contributed by atoms with Gasteiger partial charge in [0.1, 0.15) is 0 Å². The second-order valence-corrected chi connectivity index (χ2v) is 13.1. The first-order valence-electron chi connectivity index (χ1n) is 13.2. The SMILES string of the molecule is CC(C)=CC=CC(C)=CC1CCC2C3(C)CCC(O)C(C)(C)C3CCC2(C)C12COC(=O)C2. The smallest absolute Gasteiger partial charge is 0.306 e. The predicted molar refractivity (Wildman–Crippen MR) is 135 cm³/mol. The van der Waals surface area contributed by atoms with E-state index in [2.05, 4.69) is 72.8 Å². The number of carbonyl (C=O) groups excluding carboxylic acids is 1. The Morgan fingerprint density at radius 2 is 1.73 bits per heavy atom. The Morgan fingerprint density at radius 3 is 2.36 bits per heavy atom. The predicted octanol–water partition coefficient (Wildman–Crippen LogP) is 7.02. The van der Waals surface area contributed by atoms with Gasteiger partial charge in [0.25, 0.3) is 0 Å². The molecule has 7 atom stereocenters. The molecule has 0 aromatic rings. The minimum atomic E-state index is -0.209. The van der Waals surface area contributed by atoms with E-state index < -0.39 is 0 Å². The van der Waals surface area contributed by atoms with Gasteiger partial charge in [-0.2, -0.15) is 0 Å². The molecule has 3 saturated carbocycles. The molecule has 3 nitrogen and oxygen atoms in total. The molecule has 4 rings (SSSR count). The lowest BCUT2D eigenvalue weighted by Crippen LogP contribution is -2.65. The molecule has 0 aromatic carbocycles. The number of cyclic esters (lactones) is 1. The molecule has 33 heavy (non-hydrogen) atoms. The van der Waals surface area contributed by atoms with Crippen molar-refractivity contribution in [3.05, 3.63) is 35.5 Å². The Morgan fingerprint density at radius 1 is 1.00 bits per heavy atom. The van der Waals surface area contributed by atoms with E-state index in [0.717, 1.165) is 32.1 Å². The number of hydrogen-bond donors (Lipinski definition) is 1. The summed E-state index contributed by atoms with van der Waals surface area (Å²) in [5.41, 5.74) is 2.69. The topological polar surface area (TPSA) is 46.5 Å². The van der Waals surface area contributed by atoms with E-state index in [-0.39, 0.29) is 33.7 Å². The van der Waals surface area contributed by atoms with Gasteiger partial charge in [-0.1, -0.05) is 63.1 Å². The molecule has 1 heterocycles. The largest absolute Gasteiger partial charge is 0.465 e. The summed E-state index contributed by atoms with van der Waals surface area (Å²) in [5, 5.41) is 10.9. The molecule has 1 N–H and O–H groups in total. The van der Waals surface area contributed by atoms with Gasteiger partial charge in [-0.3, -0.25) is 4.79 Å². The molecule has 1 spiro atoms. The summed E-state index contributed by atoms with van der Waals surface area (Å²) in [6.07, 6.45) is 15.9. The van der Waals surface area contributed by atoms with E-state index in [0.29, 0.717) is 30.8 Å². The number of aliphatic hydroxyl groups is 1. The molecule has 3 aliphatic carbocycles. The van der Waals surface area contributed by atoms with Crippen molar-refractivity contribution >= 4 is 5.97 Å². The van der Waals surface area contributed by atoms with Crippen LogP contribution in [-0.2, 0) is 9.53 Å². The van der Waals surface area contributed by atoms with Gasteiger partial charge in [-0.05, 0) is 93.3 Å². The zero-order valence-corrected chi connectivity index (χ0v) is 22.0. The van der Waals surface area contributed by atoms with Crippen molar-refractivity contribution in [1.29, 1.82) is 0 Å². The van der Waals surface area contributed by atoms with Crippen molar-refractivity contribution in [2.45, 2.75) is 99.5 Å². The second-order valence-electron chi connectivity index (χ2n) is 13.1. The van der Waals surface area contributed by atoms with Gasteiger partial charge in [-0.25, -0.2) is 0 Å². The maximum Gasteiger partial charge on any atom is 0.306 e. The number of hydrogen-bond acceptors (Lipinski definition) is 3. The Balaban J connectivity index is 1.72. The molecule has 0 radical (unpaired) electrons. The van der Waals surface area contributed by atoms with E-state index in [1.807, 2.05) is 0 Å². The molecular weight excluding hydrogens is 408 g/mol. The summed E-state index contributed by atoms with van der Waals surface area (Å²) in [6, 6.07) is 0. The molecular formula is C30H46O3. The van der Waals surface area contributed by atoms with Gasteiger partial charge in [0.05, 0.1) is 19.1 Å². The van der Waals surface area contributed by atoms with Crippen molar-refractivity contribution in [2.24, 2.45) is 39.4 Å². The first kappa shape index (κ1) is 24.8. The Bertz CT molecular complexity index is 875. The van der Waals surface area contributed by atoms with Crippen molar-refractivity contribution in [1.82, 2.24) is 0 Å². The highest BCUT2D eigenvalue weighted by molar-refractivity contribution is 5.73. The highest BCUT2D eigenvalue weighted by Gasteiger charge is 2.69. The van der Waals surface area contributed by atoms with E-state index >= 15 is 0 Å². The van der Waals surface area contributed by atoms with E-state index in [1.165, 1.54) is 17.6 Å². The van der Waals surface area contributed by atoms with Crippen LogP contribution in [0.15, 0.2) is 35.5 Å². The summed E-state index contributed by atoms with van der Waals surface area (Å²) in [5.74, 6) is 1.45. The molecule has 3 heteroatoms. The third-order valence-corrected chi connectivity index (χ3v) is 10.8. The fourth-order valence-corrected chi connectivity index (χ4v) is 9.01. The van der Waals surface area contributed by atoms with Crippen LogP contribution in [0, 0.1) is 39.4 Å². The number of allylic oxidation sites excluding steroid dienone is 6. The number of rotatable bonds is 3. The summed E-state index contributed by atoms with van der Waals surface area (Å²) < 4.78 is 5.78. The Hall–Kier alpha value is -1.35. The highest BCUT2D eigenvalue weighted by atomic mass is 16.5. The normalized spacial score (nSPS) is 45.0. The molecule has 1 saturated heterocycles. The van der Waals surface area contributed by atoms with Crippen LogP contribution in [0.1, 0.15) is 93.4 Å². The molecule has 184 valence electrons. The number of esters is 1. The van der Waals surface area contributed by atoms with Crippen LogP contribution in [-0.4, -0.2) is 23.8 Å². The number of ether oxygens (including phenoxy) is 1. The minimum absolute atomic E-state index is 0.0142. The first-order valence-corrected chi connectivity index (χ1v) is 13.2. The van der Waals surface area contributed by atoms with Crippen LogP contribution < -0.4 is 0 Å². The minimum Gasteiger partial charge on any atom is -0.465 e. The van der Waals surface area contributed by atoms with Gasteiger partial charge in [-0.15, -0.1) is 0 Å². The standard InChI is InChI=1S/C30H46O3/c1-20(2)9-8-10-21(3)17-22-11-12-24-28(6)15-14-25(31)27(4,5)23(28)13-16-29(24,7)30(22)18-26(32)33-19-30/h8-10,17,22-25,31H,11-16,18-19H2,1-7H3. The van der Waals surface area contributed by atoms with Crippen LogP contribution in [0.2, 0.25) is 0 Å². The van der Waals surface area contributed by atoms with E-state index in [1.54, 1.807) is 0 Å². The van der Waals surface area contributed by atoms with Crippen LogP contribution in [0.25, 0.3) is 0 Å². The molecule has 0 bridgehead atoms. The second kappa shape index (κ2) is 8.40. The Kier molecular flexibility index (Phi) is 6.30. The molecule has 4 fully saturated rings. The monoisotopic (exact) mass is 454 g/mol. The van der Waals surface area contributed by atoms with Crippen LogP contribution in [0.5, 0.6) is 0 Å². The zero-order chi connectivity index (χ0) is 24.2. The third kappa shape index (κ3) is 3.77. The van der Waals surface area contributed by atoms with Crippen molar-refractivity contribution in [3.8, 4) is 0 Å². The van der Waals surface area contributed by atoms with Crippen LogP contribution in [0.3, 0.4) is 0 Å². The number of carbonyl (C=O) groups is 1. The van der Waals surface area contributed by atoms with Gasteiger partial charge in [0.2, 0.25) is 0 Å². The van der Waals surface area contributed by atoms with E-state index in [9.17, 15) is 9.90 Å². The first-order chi connectivity index (χ1) is 15.4.